The van der Waals surface area contributed by atoms with Crippen molar-refractivity contribution >= 4 is 24.1 Å². The first-order valence-corrected chi connectivity index (χ1v) is 6.36. The monoisotopic (exact) mass is 291 g/mol. The van der Waals surface area contributed by atoms with Crippen LogP contribution in [0.4, 0.5) is 5.69 Å². The third-order valence-corrected chi connectivity index (χ3v) is 2.90. The normalized spacial score (nSPS) is 11.3. The molecule has 0 atom stereocenters. The van der Waals surface area contributed by atoms with Gasteiger partial charge in [-0.1, -0.05) is 26.0 Å². The highest BCUT2D eigenvalue weighted by Crippen LogP contribution is 2.16. The number of nitrogens with one attached hydrogen (secondary N) is 1. The van der Waals surface area contributed by atoms with E-state index in [1.54, 1.807) is 18.2 Å². The summed E-state index contributed by atoms with van der Waals surface area (Å²) >= 11 is 5.09. The molecular weight excluding hydrogens is 278 g/mol. The van der Waals surface area contributed by atoms with Gasteiger partial charge in [0, 0.05) is 12.0 Å². The summed E-state index contributed by atoms with van der Waals surface area (Å²) in [6.07, 6.45) is 1.41. The molecule has 7 nitrogen and oxygen atoms in total. The van der Waals surface area contributed by atoms with Crippen LogP contribution >= 0.6 is 12.2 Å². The molecule has 1 N–H and O–H groups in total. The molecule has 1 aromatic carbocycles. The summed E-state index contributed by atoms with van der Waals surface area (Å²) in [7, 11) is 0. The van der Waals surface area contributed by atoms with Crippen molar-refractivity contribution < 1.29 is 4.92 Å². The molecule has 1 aromatic heterocycles. The first-order chi connectivity index (χ1) is 9.50. The number of aromatic nitrogens is 3. The number of aromatic amines is 1. The van der Waals surface area contributed by atoms with E-state index in [2.05, 4.69) is 15.3 Å². The molecule has 8 heteroatoms. The molecule has 0 bridgehead atoms. The van der Waals surface area contributed by atoms with Gasteiger partial charge in [-0.2, -0.15) is 14.9 Å². The zero-order chi connectivity index (χ0) is 14.7. The Morgan fingerprint density at radius 2 is 2.20 bits per heavy atom. The maximum atomic E-state index is 10.9. The van der Waals surface area contributed by atoms with E-state index < -0.39 is 4.92 Å². The summed E-state index contributed by atoms with van der Waals surface area (Å²) in [5.74, 6) is 0.802. The SMILES string of the molecule is CC(C)c1n[nH]c(=S)n1N=Cc1ccccc1[N+](=O)[O-]. The van der Waals surface area contributed by atoms with Gasteiger partial charge >= 0.3 is 0 Å². The van der Waals surface area contributed by atoms with Crippen LogP contribution in [0.25, 0.3) is 0 Å². The van der Waals surface area contributed by atoms with E-state index >= 15 is 0 Å². The lowest BCUT2D eigenvalue weighted by Crippen LogP contribution is -2.01. The van der Waals surface area contributed by atoms with Gasteiger partial charge in [0.2, 0.25) is 4.77 Å². The van der Waals surface area contributed by atoms with Gasteiger partial charge < -0.3 is 0 Å². The first kappa shape index (κ1) is 14.1. The number of nitro groups is 1. The predicted molar refractivity (Wildman–Crippen MR) is 77.6 cm³/mol. The Kier molecular flexibility index (Phi) is 4.04. The number of para-hydroxylation sites is 1. The molecule has 1 heterocycles. The van der Waals surface area contributed by atoms with Crippen molar-refractivity contribution in [2.75, 3.05) is 0 Å². The van der Waals surface area contributed by atoms with Crippen LogP contribution in [0.2, 0.25) is 0 Å². The fourth-order valence-electron chi connectivity index (χ4n) is 1.67. The van der Waals surface area contributed by atoms with Crippen LogP contribution in [-0.2, 0) is 0 Å². The van der Waals surface area contributed by atoms with E-state index in [9.17, 15) is 10.1 Å². The van der Waals surface area contributed by atoms with Crippen molar-refractivity contribution in [2.45, 2.75) is 19.8 Å². The highest BCUT2D eigenvalue weighted by Gasteiger charge is 2.12. The number of benzene rings is 1. The molecule has 0 fully saturated rings. The van der Waals surface area contributed by atoms with Gasteiger partial charge in [-0.3, -0.25) is 15.2 Å². The van der Waals surface area contributed by atoms with E-state index in [-0.39, 0.29) is 11.6 Å². The quantitative estimate of drug-likeness (QED) is 0.406. The molecule has 0 saturated carbocycles. The highest BCUT2D eigenvalue weighted by molar-refractivity contribution is 7.71. The lowest BCUT2D eigenvalue weighted by Gasteiger charge is -2.03. The molecule has 0 amide bonds. The van der Waals surface area contributed by atoms with Crippen LogP contribution in [0.5, 0.6) is 0 Å². The topological polar surface area (TPSA) is 89.1 Å². The molecule has 0 aliphatic carbocycles. The van der Waals surface area contributed by atoms with Gasteiger partial charge in [0.05, 0.1) is 16.7 Å². The molecule has 104 valence electrons. The van der Waals surface area contributed by atoms with Gasteiger partial charge in [-0.15, -0.1) is 0 Å². The molecule has 2 aromatic rings. The fraction of sp³-hybridized carbons (Fsp3) is 0.250. The predicted octanol–water partition coefficient (Wildman–Crippen LogP) is 2.85. The van der Waals surface area contributed by atoms with Crippen LogP contribution in [0.3, 0.4) is 0 Å². The lowest BCUT2D eigenvalue weighted by atomic mass is 10.2. The number of nitro benzene ring substituents is 1. The maximum Gasteiger partial charge on any atom is 0.278 e. The van der Waals surface area contributed by atoms with Crippen molar-refractivity contribution in [3.05, 3.63) is 50.5 Å². The third kappa shape index (κ3) is 2.80. The summed E-state index contributed by atoms with van der Waals surface area (Å²) in [5.41, 5.74) is 0.410. The molecule has 0 aliphatic rings. The van der Waals surface area contributed by atoms with E-state index in [0.717, 1.165) is 0 Å². The Morgan fingerprint density at radius 1 is 1.50 bits per heavy atom. The minimum Gasteiger partial charge on any atom is -0.258 e. The second-order valence-corrected chi connectivity index (χ2v) is 4.80. The smallest absolute Gasteiger partial charge is 0.258 e. The largest absolute Gasteiger partial charge is 0.278 e. The molecular formula is C12H13N5O2S. The Morgan fingerprint density at radius 3 is 2.85 bits per heavy atom. The second kappa shape index (κ2) is 5.74. The molecule has 0 unspecified atom stereocenters. The van der Waals surface area contributed by atoms with Crippen LogP contribution in [0, 0.1) is 14.9 Å². The van der Waals surface area contributed by atoms with E-state index in [1.807, 2.05) is 13.8 Å². The summed E-state index contributed by atoms with van der Waals surface area (Å²) in [6, 6.07) is 6.38. The number of rotatable bonds is 4. The molecule has 20 heavy (non-hydrogen) atoms. The minimum absolute atomic E-state index is 0.00244. The molecule has 2 rings (SSSR count). The Balaban J connectivity index is 2.43. The number of hydrogen-bond donors (Lipinski definition) is 1. The Labute approximate surface area is 120 Å². The zero-order valence-corrected chi connectivity index (χ0v) is 11.8. The number of H-pyrrole nitrogens is 1. The molecule has 0 aliphatic heterocycles. The molecule has 0 saturated heterocycles. The highest BCUT2D eigenvalue weighted by atomic mass is 32.1. The second-order valence-electron chi connectivity index (χ2n) is 4.41. The van der Waals surface area contributed by atoms with Gasteiger partial charge in [-0.25, -0.2) is 0 Å². The Bertz CT molecular complexity index is 717. The number of hydrogen-bond acceptors (Lipinski definition) is 5. The van der Waals surface area contributed by atoms with E-state index in [1.165, 1.54) is 17.0 Å². The zero-order valence-electron chi connectivity index (χ0n) is 11.0. The summed E-state index contributed by atoms with van der Waals surface area (Å²) < 4.78 is 1.82. The van der Waals surface area contributed by atoms with Crippen LogP contribution in [-0.4, -0.2) is 26.0 Å². The maximum absolute atomic E-state index is 10.9. The number of nitrogens with zero attached hydrogens (tertiary/aromatic N) is 4. The van der Waals surface area contributed by atoms with E-state index in [4.69, 9.17) is 12.2 Å². The van der Waals surface area contributed by atoms with Crippen LogP contribution in [0.15, 0.2) is 29.4 Å². The van der Waals surface area contributed by atoms with Crippen LogP contribution in [0.1, 0.15) is 31.2 Å². The molecule has 0 spiro atoms. The van der Waals surface area contributed by atoms with E-state index in [0.29, 0.717) is 16.2 Å². The average Bonchev–Trinajstić information content (AvgIpc) is 2.78. The third-order valence-electron chi connectivity index (χ3n) is 2.64. The minimum atomic E-state index is -0.445. The van der Waals surface area contributed by atoms with Gasteiger partial charge in [-0.05, 0) is 18.3 Å². The van der Waals surface area contributed by atoms with Crippen molar-refractivity contribution in [1.29, 1.82) is 0 Å². The summed E-state index contributed by atoms with van der Waals surface area (Å²) in [4.78, 5) is 10.5. The first-order valence-electron chi connectivity index (χ1n) is 5.95. The summed E-state index contributed by atoms with van der Waals surface area (Å²) in [6.45, 7) is 3.92. The summed E-state index contributed by atoms with van der Waals surface area (Å²) in [5, 5.41) is 21.9. The van der Waals surface area contributed by atoms with Crippen molar-refractivity contribution in [3.63, 3.8) is 0 Å². The van der Waals surface area contributed by atoms with Crippen molar-refractivity contribution in [2.24, 2.45) is 5.10 Å². The van der Waals surface area contributed by atoms with Crippen LogP contribution < -0.4 is 0 Å². The Hall–Kier alpha value is -2.35. The molecule has 0 radical (unpaired) electrons. The lowest BCUT2D eigenvalue weighted by molar-refractivity contribution is -0.385. The van der Waals surface area contributed by atoms with Gasteiger partial charge in [0.25, 0.3) is 5.69 Å². The van der Waals surface area contributed by atoms with Gasteiger partial charge in [0.15, 0.2) is 5.82 Å². The fourth-order valence-corrected chi connectivity index (χ4v) is 1.86. The standard InChI is InChI=1S/C12H13N5O2S/c1-8(2)11-14-15-12(20)16(11)13-7-9-5-3-4-6-10(9)17(18)19/h3-8H,1-2H3,(H,15,20). The van der Waals surface area contributed by atoms with Crippen molar-refractivity contribution in [1.82, 2.24) is 14.9 Å². The average molecular weight is 291 g/mol. The van der Waals surface area contributed by atoms with Gasteiger partial charge in [0.1, 0.15) is 0 Å². The van der Waals surface area contributed by atoms with Crippen molar-refractivity contribution in [3.8, 4) is 0 Å².